The zero-order valence-corrected chi connectivity index (χ0v) is 8.50. The predicted molar refractivity (Wildman–Crippen MR) is 54.3 cm³/mol. The summed E-state index contributed by atoms with van der Waals surface area (Å²) < 4.78 is 1.90. The lowest BCUT2D eigenvalue weighted by Crippen LogP contribution is -2.57. The minimum atomic E-state index is 0.0205. The zero-order chi connectivity index (χ0) is 10.1. The van der Waals surface area contributed by atoms with E-state index in [0.717, 1.165) is 24.5 Å². The molecule has 76 valence electrons. The Morgan fingerprint density at radius 3 is 2.71 bits per heavy atom. The van der Waals surface area contributed by atoms with Crippen molar-refractivity contribution in [2.24, 2.45) is 7.05 Å². The van der Waals surface area contributed by atoms with Gasteiger partial charge in [-0.05, 0) is 19.1 Å². The molecule has 1 aliphatic heterocycles. The molecule has 0 atom stereocenters. The molecule has 1 amide bonds. The van der Waals surface area contributed by atoms with E-state index in [9.17, 15) is 4.79 Å². The molecule has 2 N–H and O–H groups in total. The minimum absolute atomic E-state index is 0.0205. The van der Waals surface area contributed by atoms with Gasteiger partial charge in [-0.1, -0.05) is 0 Å². The van der Waals surface area contributed by atoms with Crippen LogP contribution >= 0.6 is 0 Å². The molecule has 0 radical (unpaired) electrons. The molecule has 1 saturated heterocycles. The number of carbonyl (C=O) groups is 1. The molecule has 0 unspecified atom stereocenters. The van der Waals surface area contributed by atoms with Gasteiger partial charge in [0.05, 0.1) is 6.04 Å². The first-order chi connectivity index (χ1) is 6.68. The monoisotopic (exact) mass is 193 g/mol. The van der Waals surface area contributed by atoms with Crippen LogP contribution in [-0.4, -0.2) is 29.6 Å². The van der Waals surface area contributed by atoms with E-state index in [1.807, 2.05) is 30.7 Å². The smallest absolute Gasteiger partial charge is 0.268 e. The van der Waals surface area contributed by atoms with E-state index in [2.05, 4.69) is 10.6 Å². The number of aryl methyl sites for hydroxylation is 1. The Morgan fingerprint density at radius 2 is 2.29 bits per heavy atom. The third-order valence-electron chi connectivity index (χ3n) is 2.72. The highest BCUT2D eigenvalue weighted by atomic mass is 16.2. The SMILES string of the molecule is Cc1ccc(C(=O)NC2CNC2)n1C. The maximum atomic E-state index is 11.7. The predicted octanol–water partition coefficient (Wildman–Crippen LogP) is 0.0351. The topological polar surface area (TPSA) is 46.1 Å². The van der Waals surface area contributed by atoms with Crippen molar-refractivity contribution >= 4 is 5.91 Å². The van der Waals surface area contributed by atoms with E-state index in [0.29, 0.717) is 6.04 Å². The summed E-state index contributed by atoms with van der Waals surface area (Å²) in [6.45, 7) is 3.76. The van der Waals surface area contributed by atoms with E-state index in [1.54, 1.807) is 0 Å². The number of hydrogen-bond acceptors (Lipinski definition) is 2. The molecule has 0 aromatic carbocycles. The standard InChI is InChI=1S/C10H15N3O/c1-7-3-4-9(13(7)2)10(14)12-8-5-11-6-8/h3-4,8,11H,5-6H2,1-2H3,(H,12,14). The molecule has 14 heavy (non-hydrogen) atoms. The van der Waals surface area contributed by atoms with E-state index >= 15 is 0 Å². The summed E-state index contributed by atoms with van der Waals surface area (Å²) in [6.07, 6.45) is 0. The van der Waals surface area contributed by atoms with E-state index < -0.39 is 0 Å². The van der Waals surface area contributed by atoms with Crippen LogP contribution in [0.3, 0.4) is 0 Å². The number of rotatable bonds is 2. The highest BCUT2D eigenvalue weighted by Gasteiger charge is 2.20. The summed E-state index contributed by atoms with van der Waals surface area (Å²) in [5.74, 6) is 0.0205. The van der Waals surface area contributed by atoms with Crippen molar-refractivity contribution in [2.75, 3.05) is 13.1 Å². The third kappa shape index (κ3) is 1.53. The van der Waals surface area contributed by atoms with Crippen molar-refractivity contribution in [2.45, 2.75) is 13.0 Å². The van der Waals surface area contributed by atoms with E-state index in [1.165, 1.54) is 0 Å². The molecule has 1 aromatic rings. The van der Waals surface area contributed by atoms with Gasteiger partial charge in [-0.15, -0.1) is 0 Å². The molecule has 1 fully saturated rings. The molecular weight excluding hydrogens is 178 g/mol. The average molecular weight is 193 g/mol. The first kappa shape index (κ1) is 9.27. The molecule has 4 heteroatoms. The fourth-order valence-electron chi connectivity index (χ4n) is 1.49. The van der Waals surface area contributed by atoms with Gasteiger partial charge in [0.25, 0.3) is 5.91 Å². The Balaban J connectivity index is 2.06. The highest BCUT2D eigenvalue weighted by molar-refractivity contribution is 5.93. The van der Waals surface area contributed by atoms with Crippen molar-refractivity contribution in [3.63, 3.8) is 0 Å². The van der Waals surface area contributed by atoms with Gasteiger partial charge in [-0.3, -0.25) is 4.79 Å². The molecule has 0 bridgehead atoms. The maximum Gasteiger partial charge on any atom is 0.268 e. The fraction of sp³-hybridized carbons (Fsp3) is 0.500. The van der Waals surface area contributed by atoms with Gasteiger partial charge in [0.2, 0.25) is 0 Å². The Kier molecular flexibility index (Phi) is 2.29. The van der Waals surface area contributed by atoms with Crippen molar-refractivity contribution in [1.29, 1.82) is 0 Å². The van der Waals surface area contributed by atoms with Crippen LogP contribution in [-0.2, 0) is 7.05 Å². The Morgan fingerprint density at radius 1 is 1.57 bits per heavy atom. The van der Waals surface area contributed by atoms with E-state index in [4.69, 9.17) is 0 Å². The molecule has 2 rings (SSSR count). The maximum absolute atomic E-state index is 11.7. The quantitative estimate of drug-likeness (QED) is 0.696. The minimum Gasteiger partial charge on any atom is -0.345 e. The van der Waals surface area contributed by atoms with Gasteiger partial charge >= 0.3 is 0 Å². The van der Waals surface area contributed by atoms with Crippen LogP contribution in [0.1, 0.15) is 16.2 Å². The summed E-state index contributed by atoms with van der Waals surface area (Å²) in [4.78, 5) is 11.7. The summed E-state index contributed by atoms with van der Waals surface area (Å²) in [7, 11) is 1.91. The molecule has 1 aromatic heterocycles. The largest absolute Gasteiger partial charge is 0.345 e. The van der Waals surface area contributed by atoms with Crippen LogP contribution < -0.4 is 10.6 Å². The second-order valence-electron chi connectivity index (χ2n) is 3.75. The molecule has 2 heterocycles. The number of hydrogen-bond donors (Lipinski definition) is 2. The van der Waals surface area contributed by atoms with Crippen LogP contribution in [0.25, 0.3) is 0 Å². The van der Waals surface area contributed by atoms with Crippen molar-refractivity contribution in [3.05, 3.63) is 23.5 Å². The fourth-order valence-corrected chi connectivity index (χ4v) is 1.49. The lowest BCUT2D eigenvalue weighted by molar-refractivity contribution is 0.0915. The van der Waals surface area contributed by atoms with Gasteiger partial charge in [0.1, 0.15) is 5.69 Å². The Hall–Kier alpha value is -1.29. The zero-order valence-electron chi connectivity index (χ0n) is 8.50. The van der Waals surface area contributed by atoms with Gasteiger partial charge in [-0.25, -0.2) is 0 Å². The van der Waals surface area contributed by atoms with Crippen LogP contribution in [0.5, 0.6) is 0 Å². The molecule has 0 saturated carbocycles. The molecule has 1 aliphatic rings. The lowest BCUT2D eigenvalue weighted by atomic mass is 10.2. The lowest BCUT2D eigenvalue weighted by Gasteiger charge is -2.27. The first-order valence-corrected chi connectivity index (χ1v) is 4.82. The van der Waals surface area contributed by atoms with Crippen LogP contribution in [0.15, 0.2) is 12.1 Å². The molecular formula is C10H15N3O. The van der Waals surface area contributed by atoms with Gasteiger partial charge in [-0.2, -0.15) is 0 Å². The van der Waals surface area contributed by atoms with Crippen molar-refractivity contribution in [3.8, 4) is 0 Å². The van der Waals surface area contributed by atoms with Gasteiger partial charge in [0, 0.05) is 25.8 Å². The van der Waals surface area contributed by atoms with Gasteiger partial charge in [0.15, 0.2) is 0 Å². The second kappa shape index (κ2) is 3.46. The molecule has 0 spiro atoms. The Bertz CT molecular complexity index is 352. The number of nitrogens with one attached hydrogen (secondary N) is 2. The van der Waals surface area contributed by atoms with Crippen LogP contribution in [0, 0.1) is 6.92 Å². The van der Waals surface area contributed by atoms with Crippen LogP contribution in [0.2, 0.25) is 0 Å². The van der Waals surface area contributed by atoms with Crippen molar-refractivity contribution in [1.82, 2.24) is 15.2 Å². The van der Waals surface area contributed by atoms with E-state index in [-0.39, 0.29) is 5.91 Å². The number of amides is 1. The summed E-state index contributed by atoms with van der Waals surface area (Å²) in [6, 6.07) is 4.11. The summed E-state index contributed by atoms with van der Waals surface area (Å²) >= 11 is 0. The molecule has 4 nitrogen and oxygen atoms in total. The Labute approximate surface area is 83.3 Å². The number of aromatic nitrogens is 1. The normalized spacial score (nSPS) is 16.4. The third-order valence-corrected chi connectivity index (χ3v) is 2.72. The number of carbonyl (C=O) groups excluding carboxylic acids is 1. The highest BCUT2D eigenvalue weighted by Crippen LogP contribution is 2.06. The first-order valence-electron chi connectivity index (χ1n) is 4.82. The summed E-state index contributed by atoms with van der Waals surface area (Å²) in [5.41, 5.74) is 1.83. The average Bonchev–Trinajstić information content (AvgIpc) is 2.41. The number of nitrogens with zero attached hydrogens (tertiary/aromatic N) is 1. The summed E-state index contributed by atoms with van der Waals surface area (Å²) in [5, 5.41) is 6.08. The van der Waals surface area contributed by atoms with Crippen LogP contribution in [0.4, 0.5) is 0 Å². The second-order valence-corrected chi connectivity index (χ2v) is 3.75. The van der Waals surface area contributed by atoms with Gasteiger partial charge < -0.3 is 15.2 Å². The molecule has 0 aliphatic carbocycles. The van der Waals surface area contributed by atoms with Crippen molar-refractivity contribution < 1.29 is 4.79 Å².